The average Bonchev–Trinajstić information content (AvgIpc) is 2.60. The van der Waals surface area contributed by atoms with Gasteiger partial charge in [0.15, 0.2) is 0 Å². The van der Waals surface area contributed by atoms with Gasteiger partial charge in [-0.05, 0) is 19.3 Å². The van der Waals surface area contributed by atoms with Gasteiger partial charge in [-0.15, -0.1) is 0 Å². The Bertz CT molecular complexity index is 342. The first kappa shape index (κ1) is 10.9. The minimum Gasteiger partial charge on any atom is -0.351 e. The third-order valence-electron chi connectivity index (χ3n) is 3.17. The molecule has 1 fully saturated rings. The van der Waals surface area contributed by atoms with Crippen LogP contribution in [-0.2, 0) is 0 Å². The summed E-state index contributed by atoms with van der Waals surface area (Å²) in [5.74, 6) is 1.78. The molecule has 82 valence electrons. The summed E-state index contributed by atoms with van der Waals surface area (Å²) >= 11 is 3.59. The highest BCUT2D eigenvalue weighted by Gasteiger charge is 2.31. The second-order valence-electron chi connectivity index (χ2n) is 4.15. The molecule has 0 spiro atoms. The fraction of sp³-hybridized carbons (Fsp3) is 0.636. The summed E-state index contributed by atoms with van der Waals surface area (Å²) in [6.07, 6.45) is 4.77. The van der Waals surface area contributed by atoms with Crippen molar-refractivity contribution in [2.75, 3.05) is 16.8 Å². The zero-order valence-electron chi connectivity index (χ0n) is 9.15. The van der Waals surface area contributed by atoms with Crippen molar-refractivity contribution >= 4 is 21.7 Å². The number of halogens is 1. The maximum absolute atomic E-state index is 4.44. The first-order valence-corrected chi connectivity index (χ1v) is 6.46. The summed E-state index contributed by atoms with van der Waals surface area (Å²) in [6.45, 7) is 5.42. The van der Waals surface area contributed by atoms with Crippen LogP contribution in [0.3, 0.4) is 0 Å². The topological polar surface area (TPSA) is 29.0 Å². The highest BCUT2D eigenvalue weighted by molar-refractivity contribution is 9.09. The molecule has 2 rings (SSSR count). The molecule has 2 atom stereocenters. The van der Waals surface area contributed by atoms with Crippen molar-refractivity contribution in [2.45, 2.75) is 26.3 Å². The van der Waals surface area contributed by atoms with Crippen molar-refractivity contribution in [1.82, 2.24) is 9.97 Å². The molecule has 0 radical (unpaired) electrons. The standard InChI is InChI=1S/C11H16BrN3/c1-8-3-6-15(10(8)7-12)11-9(2)13-4-5-14-11/h4-5,8,10H,3,6-7H2,1-2H3. The van der Waals surface area contributed by atoms with Crippen LogP contribution in [-0.4, -0.2) is 27.9 Å². The first-order chi connectivity index (χ1) is 7.24. The van der Waals surface area contributed by atoms with E-state index in [-0.39, 0.29) is 0 Å². The zero-order chi connectivity index (χ0) is 10.8. The molecule has 0 saturated carbocycles. The number of nitrogens with zero attached hydrogens (tertiary/aromatic N) is 3. The van der Waals surface area contributed by atoms with Crippen LogP contribution >= 0.6 is 15.9 Å². The third-order valence-corrected chi connectivity index (χ3v) is 3.83. The van der Waals surface area contributed by atoms with Crippen molar-refractivity contribution in [3.8, 4) is 0 Å². The van der Waals surface area contributed by atoms with Crippen LogP contribution in [0.15, 0.2) is 12.4 Å². The number of rotatable bonds is 2. The summed E-state index contributed by atoms with van der Waals surface area (Å²) in [7, 11) is 0. The van der Waals surface area contributed by atoms with E-state index in [0.29, 0.717) is 6.04 Å². The Hall–Kier alpha value is -0.640. The molecule has 1 aromatic rings. The van der Waals surface area contributed by atoms with Crippen LogP contribution in [0.5, 0.6) is 0 Å². The molecule has 3 nitrogen and oxygen atoms in total. The van der Waals surface area contributed by atoms with Crippen molar-refractivity contribution in [3.63, 3.8) is 0 Å². The number of alkyl halides is 1. The fourth-order valence-corrected chi connectivity index (χ4v) is 3.18. The zero-order valence-corrected chi connectivity index (χ0v) is 10.7. The molecule has 1 aliphatic heterocycles. The van der Waals surface area contributed by atoms with Gasteiger partial charge in [0.1, 0.15) is 5.82 Å². The molecule has 1 aromatic heterocycles. The van der Waals surface area contributed by atoms with Crippen LogP contribution in [0.4, 0.5) is 5.82 Å². The predicted molar refractivity (Wildman–Crippen MR) is 65.5 cm³/mol. The third kappa shape index (κ3) is 2.00. The van der Waals surface area contributed by atoms with Gasteiger partial charge >= 0.3 is 0 Å². The lowest BCUT2D eigenvalue weighted by Crippen LogP contribution is -2.34. The van der Waals surface area contributed by atoms with Gasteiger partial charge in [0.05, 0.1) is 5.69 Å². The Morgan fingerprint density at radius 3 is 2.87 bits per heavy atom. The fourth-order valence-electron chi connectivity index (χ4n) is 2.19. The number of hydrogen-bond donors (Lipinski definition) is 0. The molecule has 1 aliphatic rings. The van der Waals surface area contributed by atoms with Crippen molar-refractivity contribution in [3.05, 3.63) is 18.1 Å². The number of anilines is 1. The summed E-state index contributed by atoms with van der Waals surface area (Å²) in [6, 6.07) is 0.556. The summed E-state index contributed by atoms with van der Waals surface area (Å²) < 4.78 is 0. The van der Waals surface area contributed by atoms with Gasteiger partial charge in [0, 0.05) is 30.3 Å². The highest BCUT2D eigenvalue weighted by atomic mass is 79.9. The Kier molecular flexibility index (Phi) is 3.24. The predicted octanol–water partition coefficient (Wildman–Crippen LogP) is 2.39. The number of aromatic nitrogens is 2. The highest BCUT2D eigenvalue weighted by Crippen LogP contribution is 2.30. The second kappa shape index (κ2) is 4.47. The Morgan fingerprint density at radius 2 is 2.20 bits per heavy atom. The molecule has 0 aliphatic carbocycles. The normalized spacial score (nSPS) is 25.9. The lowest BCUT2D eigenvalue weighted by Gasteiger charge is -2.26. The van der Waals surface area contributed by atoms with Crippen LogP contribution in [0.1, 0.15) is 19.0 Å². The Morgan fingerprint density at radius 1 is 1.47 bits per heavy atom. The van der Waals surface area contributed by atoms with Gasteiger partial charge in [0.2, 0.25) is 0 Å². The second-order valence-corrected chi connectivity index (χ2v) is 4.79. The van der Waals surface area contributed by atoms with E-state index in [4.69, 9.17) is 0 Å². The lowest BCUT2D eigenvalue weighted by molar-refractivity contribution is 0.552. The van der Waals surface area contributed by atoms with Crippen molar-refractivity contribution in [1.29, 1.82) is 0 Å². The van der Waals surface area contributed by atoms with E-state index in [0.717, 1.165) is 29.3 Å². The minimum atomic E-state index is 0.556. The lowest BCUT2D eigenvalue weighted by atomic mass is 10.1. The maximum atomic E-state index is 4.44. The van der Waals surface area contributed by atoms with Crippen molar-refractivity contribution < 1.29 is 0 Å². The van der Waals surface area contributed by atoms with Gasteiger partial charge in [0.25, 0.3) is 0 Å². The average molecular weight is 270 g/mol. The molecule has 2 unspecified atom stereocenters. The molecule has 2 heterocycles. The van der Waals surface area contributed by atoms with Gasteiger partial charge in [-0.2, -0.15) is 0 Å². The molecule has 15 heavy (non-hydrogen) atoms. The van der Waals surface area contributed by atoms with E-state index >= 15 is 0 Å². The Balaban J connectivity index is 2.28. The molecule has 0 N–H and O–H groups in total. The molecule has 4 heteroatoms. The molecule has 0 amide bonds. The van der Waals surface area contributed by atoms with Gasteiger partial charge in [-0.3, -0.25) is 4.98 Å². The summed E-state index contributed by atoms with van der Waals surface area (Å²) in [5, 5.41) is 1.00. The van der Waals surface area contributed by atoms with Crippen LogP contribution in [0.2, 0.25) is 0 Å². The van der Waals surface area contributed by atoms with Crippen LogP contribution < -0.4 is 4.90 Å². The van der Waals surface area contributed by atoms with Gasteiger partial charge < -0.3 is 4.90 Å². The van der Waals surface area contributed by atoms with E-state index in [1.54, 1.807) is 12.4 Å². The monoisotopic (exact) mass is 269 g/mol. The molecular formula is C11H16BrN3. The van der Waals surface area contributed by atoms with E-state index in [1.807, 2.05) is 6.92 Å². The quantitative estimate of drug-likeness (QED) is 0.773. The maximum Gasteiger partial charge on any atom is 0.150 e. The van der Waals surface area contributed by atoms with Crippen molar-refractivity contribution in [2.24, 2.45) is 5.92 Å². The largest absolute Gasteiger partial charge is 0.351 e. The molecule has 0 aromatic carbocycles. The van der Waals surface area contributed by atoms with E-state index in [2.05, 4.69) is 37.7 Å². The smallest absolute Gasteiger partial charge is 0.150 e. The Labute approximate surface area is 99.0 Å². The first-order valence-electron chi connectivity index (χ1n) is 5.34. The SMILES string of the molecule is Cc1nccnc1N1CCC(C)C1CBr. The molecular weight excluding hydrogens is 254 g/mol. The summed E-state index contributed by atoms with van der Waals surface area (Å²) in [4.78, 5) is 11.1. The number of hydrogen-bond acceptors (Lipinski definition) is 3. The van der Waals surface area contributed by atoms with Crippen LogP contribution in [0.25, 0.3) is 0 Å². The van der Waals surface area contributed by atoms with Crippen LogP contribution in [0, 0.1) is 12.8 Å². The molecule has 1 saturated heterocycles. The van der Waals surface area contributed by atoms with E-state index in [9.17, 15) is 0 Å². The van der Waals surface area contributed by atoms with Gasteiger partial charge in [-0.1, -0.05) is 22.9 Å². The van der Waals surface area contributed by atoms with Gasteiger partial charge in [-0.25, -0.2) is 4.98 Å². The van der Waals surface area contributed by atoms with E-state index < -0.39 is 0 Å². The number of aryl methyl sites for hydroxylation is 1. The minimum absolute atomic E-state index is 0.556. The summed E-state index contributed by atoms with van der Waals surface area (Å²) in [5.41, 5.74) is 1.03. The van der Waals surface area contributed by atoms with E-state index in [1.165, 1.54) is 6.42 Å². The molecule has 0 bridgehead atoms.